The van der Waals surface area contributed by atoms with Crippen molar-refractivity contribution < 1.29 is 0 Å². The molecule has 3 nitrogen and oxygen atoms in total. The van der Waals surface area contributed by atoms with Crippen LogP contribution in [0.5, 0.6) is 0 Å². The molecule has 1 aromatic heterocycles. The van der Waals surface area contributed by atoms with Crippen molar-refractivity contribution in [2.75, 3.05) is 0 Å². The van der Waals surface area contributed by atoms with E-state index in [1.165, 1.54) is 16.7 Å². The third-order valence-electron chi connectivity index (χ3n) is 3.25. The van der Waals surface area contributed by atoms with Crippen LogP contribution in [0.1, 0.15) is 33.4 Å². The number of hydrogen-bond donors (Lipinski definition) is 2. The Bertz CT molecular complexity index is 513. The van der Waals surface area contributed by atoms with Gasteiger partial charge in [0.05, 0.1) is 16.7 Å². The minimum atomic E-state index is 0.0785. The van der Waals surface area contributed by atoms with Crippen molar-refractivity contribution in [3.05, 3.63) is 51.0 Å². The topological polar surface area (TPSA) is 50.9 Å². The predicted octanol–water partition coefficient (Wildman–Crippen LogP) is 2.82. The van der Waals surface area contributed by atoms with Crippen molar-refractivity contribution in [3.8, 4) is 0 Å². The summed E-state index contributed by atoms with van der Waals surface area (Å²) in [7, 11) is 0. The normalized spacial score (nSPS) is 12.7. The summed E-state index contributed by atoms with van der Waals surface area (Å²) < 4.78 is 0. The van der Waals surface area contributed by atoms with Gasteiger partial charge in [-0.25, -0.2) is 4.98 Å². The van der Waals surface area contributed by atoms with Crippen molar-refractivity contribution in [2.45, 2.75) is 33.2 Å². The first-order valence-corrected chi connectivity index (χ1v) is 6.93. The van der Waals surface area contributed by atoms with Crippen LogP contribution in [0.4, 0.5) is 0 Å². The second kappa shape index (κ2) is 5.61. The van der Waals surface area contributed by atoms with Crippen LogP contribution in [-0.2, 0) is 6.42 Å². The van der Waals surface area contributed by atoms with Crippen molar-refractivity contribution in [3.63, 3.8) is 0 Å². The Balaban J connectivity index is 2.26. The molecule has 0 radical (unpaired) electrons. The zero-order chi connectivity index (χ0) is 13.1. The van der Waals surface area contributed by atoms with Crippen LogP contribution in [0.3, 0.4) is 0 Å². The molecule has 1 atom stereocenters. The Morgan fingerprint density at radius 1 is 1.28 bits per heavy atom. The number of nitrogens with two attached hydrogens (primary N) is 1. The molecular formula is C14H19N3S. The molecule has 1 unspecified atom stereocenters. The van der Waals surface area contributed by atoms with Gasteiger partial charge in [0.15, 0.2) is 0 Å². The fraction of sp³-hybridized carbons (Fsp3) is 0.357. The molecule has 0 saturated heterocycles. The Morgan fingerprint density at radius 3 is 2.44 bits per heavy atom. The molecule has 1 heterocycles. The van der Waals surface area contributed by atoms with E-state index in [1.807, 2.05) is 6.92 Å². The lowest BCUT2D eigenvalue weighted by atomic mass is 9.96. The molecule has 2 rings (SSSR count). The number of rotatable bonds is 4. The number of thiazole rings is 1. The lowest BCUT2D eigenvalue weighted by molar-refractivity contribution is 0.538. The SMILES string of the molecule is Cc1nc(C(Cc2c(C)cccc2C)NN)cs1. The van der Waals surface area contributed by atoms with E-state index in [4.69, 9.17) is 5.84 Å². The van der Waals surface area contributed by atoms with E-state index in [-0.39, 0.29) is 6.04 Å². The first kappa shape index (κ1) is 13.2. The van der Waals surface area contributed by atoms with Gasteiger partial charge in [0.25, 0.3) is 0 Å². The van der Waals surface area contributed by atoms with Crippen LogP contribution in [-0.4, -0.2) is 4.98 Å². The van der Waals surface area contributed by atoms with E-state index < -0.39 is 0 Å². The lowest BCUT2D eigenvalue weighted by Crippen LogP contribution is -2.30. The molecule has 2 aromatic rings. The molecule has 96 valence electrons. The summed E-state index contributed by atoms with van der Waals surface area (Å²) in [5.74, 6) is 5.68. The summed E-state index contributed by atoms with van der Waals surface area (Å²) in [5, 5.41) is 3.15. The number of nitrogens with one attached hydrogen (secondary N) is 1. The second-order valence-corrected chi connectivity index (χ2v) is 5.65. The van der Waals surface area contributed by atoms with Crippen molar-refractivity contribution >= 4 is 11.3 Å². The smallest absolute Gasteiger partial charge is 0.0898 e. The van der Waals surface area contributed by atoms with E-state index in [2.05, 4.69) is 47.8 Å². The quantitative estimate of drug-likeness (QED) is 0.657. The Morgan fingerprint density at radius 2 is 1.94 bits per heavy atom. The molecule has 18 heavy (non-hydrogen) atoms. The average Bonchev–Trinajstić information content (AvgIpc) is 2.76. The third-order valence-corrected chi connectivity index (χ3v) is 4.04. The molecule has 0 aliphatic heterocycles. The predicted molar refractivity (Wildman–Crippen MR) is 76.5 cm³/mol. The van der Waals surface area contributed by atoms with E-state index in [9.17, 15) is 0 Å². The molecule has 4 heteroatoms. The van der Waals surface area contributed by atoms with Gasteiger partial charge in [-0.05, 0) is 43.9 Å². The summed E-state index contributed by atoms with van der Waals surface area (Å²) in [5.41, 5.74) is 7.88. The van der Waals surface area contributed by atoms with Crippen LogP contribution in [0.15, 0.2) is 23.6 Å². The lowest BCUT2D eigenvalue weighted by Gasteiger charge is -2.17. The van der Waals surface area contributed by atoms with Crippen LogP contribution in [0, 0.1) is 20.8 Å². The maximum absolute atomic E-state index is 5.68. The number of aromatic nitrogens is 1. The van der Waals surface area contributed by atoms with Crippen molar-refractivity contribution in [1.29, 1.82) is 0 Å². The van der Waals surface area contributed by atoms with Gasteiger partial charge in [-0.15, -0.1) is 11.3 Å². The van der Waals surface area contributed by atoms with Crippen LogP contribution < -0.4 is 11.3 Å². The van der Waals surface area contributed by atoms with Gasteiger partial charge in [0.2, 0.25) is 0 Å². The van der Waals surface area contributed by atoms with Crippen LogP contribution in [0.25, 0.3) is 0 Å². The molecule has 0 fully saturated rings. The molecule has 3 N–H and O–H groups in total. The standard InChI is InChI=1S/C14H19N3S/c1-9-5-4-6-10(2)12(9)7-13(17-15)14-8-18-11(3)16-14/h4-6,8,13,17H,7,15H2,1-3H3. The van der Waals surface area contributed by atoms with Crippen molar-refractivity contribution in [2.24, 2.45) is 5.84 Å². The van der Waals surface area contributed by atoms with Gasteiger partial charge >= 0.3 is 0 Å². The summed E-state index contributed by atoms with van der Waals surface area (Å²) in [6.07, 6.45) is 0.873. The highest BCUT2D eigenvalue weighted by Crippen LogP contribution is 2.23. The van der Waals surface area contributed by atoms with Crippen LogP contribution in [0.2, 0.25) is 0 Å². The molecular weight excluding hydrogens is 242 g/mol. The fourth-order valence-electron chi connectivity index (χ4n) is 2.16. The number of benzene rings is 1. The number of hydrazine groups is 1. The van der Waals surface area contributed by atoms with Crippen LogP contribution >= 0.6 is 11.3 Å². The molecule has 0 bridgehead atoms. The van der Waals surface area contributed by atoms with E-state index in [0.29, 0.717) is 0 Å². The highest BCUT2D eigenvalue weighted by molar-refractivity contribution is 7.09. The molecule has 0 aliphatic carbocycles. The van der Waals surface area contributed by atoms with Gasteiger partial charge < -0.3 is 0 Å². The fourth-order valence-corrected chi connectivity index (χ4v) is 2.83. The average molecular weight is 261 g/mol. The summed E-state index contributed by atoms with van der Waals surface area (Å²) >= 11 is 1.66. The molecule has 1 aromatic carbocycles. The first-order valence-electron chi connectivity index (χ1n) is 6.05. The van der Waals surface area contributed by atoms with Gasteiger partial charge in [-0.3, -0.25) is 11.3 Å². The van der Waals surface area contributed by atoms with Gasteiger partial charge in [-0.2, -0.15) is 0 Å². The number of nitrogens with zero attached hydrogens (tertiary/aromatic N) is 1. The van der Waals surface area contributed by atoms with E-state index in [1.54, 1.807) is 11.3 Å². The highest BCUT2D eigenvalue weighted by atomic mass is 32.1. The van der Waals surface area contributed by atoms with Crippen molar-refractivity contribution in [1.82, 2.24) is 10.4 Å². The number of hydrogen-bond acceptors (Lipinski definition) is 4. The summed E-state index contributed by atoms with van der Waals surface area (Å²) in [6, 6.07) is 6.45. The third kappa shape index (κ3) is 2.77. The Labute approximate surface area is 112 Å². The molecule has 0 amide bonds. The number of aryl methyl sites for hydroxylation is 3. The molecule has 0 saturated carbocycles. The zero-order valence-corrected chi connectivity index (χ0v) is 11.8. The second-order valence-electron chi connectivity index (χ2n) is 4.59. The Hall–Kier alpha value is -1.23. The highest BCUT2D eigenvalue weighted by Gasteiger charge is 2.15. The molecule has 0 spiro atoms. The van der Waals surface area contributed by atoms with E-state index >= 15 is 0 Å². The Kier molecular flexibility index (Phi) is 4.11. The minimum Gasteiger partial charge on any atom is -0.271 e. The van der Waals surface area contributed by atoms with Gasteiger partial charge in [-0.1, -0.05) is 18.2 Å². The maximum atomic E-state index is 5.68. The largest absolute Gasteiger partial charge is 0.271 e. The summed E-state index contributed by atoms with van der Waals surface area (Å²) in [4.78, 5) is 4.51. The molecule has 0 aliphatic rings. The maximum Gasteiger partial charge on any atom is 0.0898 e. The van der Waals surface area contributed by atoms with Gasteiger partial charge in [0.1, 0.15) is 0 Å². The first-order chi connectivity index (χ1) is 8.61. The summed E-state index contributed by atoms with van der Waals surface area (Å²) in [6.45, 7) is 6.30. The van der Waals surface area contributed by atoms with E-state index in [0.717, 1.165) is 17.1 Å². The zero-order valence-electron chi connectivity index (χ0n) is 11.0. The van der Waals surface area contributed by atoms with Gasteiger partial charge in [0, 0.05) is 5.38 Å². The minimum absolute atomic E-state index is 0.0785. The monoisotopic (exact) mass is 261 g/mol.